The highest BCUT2D eigenvalue weighted by Crippen LogP contribution is 2.44. The van der Waals surface area contributed by atoms with Gasteiger partial charge < -0.3 is 10.2 Å². The number of piperidine rings is 3. The maximum Gasteiger partial charge on any atom is 0.129 e. The van der Waals surface area contributed by atoms with Crippen LogP contribution >= 0.6 is 11.6 Å². The van der Waals surface area contributed by atoms with Crippen LogP contribution in [0.3, 0.4) is 0 Å². The van der Waals surface area contributed by atoms with Gasteiger partial charge in [-0.3, -0.25) is 0 Å². The van der Waals surface area contributed by atoms with Gasteiger partial charge in [0.05, 0.1) is 11.9 Å². The molecule has 1 aliphatic carbocycles. The number of hydrogen-bond donors (Lipinski definition) is 1. The fraction of sp³-hybridized carbons (Fsp3) is 0.643. The molecule has 0 radical (unpaired) electrons. The maximum atomic E-state index is 5.83. The Hall–Kier alpha value is -0.800. The molecule has 4 fully saturated rings. The van der Waals surface area contributed by atoms with Gasteiger partial charge in [0.2, 0.25) is 0 Å². The summed E-state index contributed by atoms with van der Waals surface area (Å²) in [6.07, 6.45) is 4.67. The molecule has 0 unspecified atom stereocenters. The fourth-order valence-electron chi connectivity index (χ4n) is 4.30. The largest absolute Gasteiger partial charge is 0.380 e. The summed E-state index contributed by atoms with van der Waals surface area (Å²) in [5, 5.41) is 4.27. The van der Waals surface area contributed by atoms with Crippen LogP contribution in [0, 0.1) is 17.8 Å². The van der Waals surface area contributed by atoms with E-state index in [4.69, 9.17) is 11.6 Å². The molecule has 4 heterocycles. The van der Waals surface area contributed by atoms with Gasteiger partial charge in [-0.25, -0.2) is 4.98 Å². The van der Waals surface area contributed by atoms with Crippen LogP contribution in [0.25, 0.3) is 0 Å². The van der Waals surface area contributed by atoms with Crippen molar-refractivity contribution in [3.05, 3.63) is 23.5 Å². The minimum Gasteiger partial charge on any atom is -0.380 e. The van der Waals surface area contributed by atoms with Crippen LogP contribution in [0.4, 0.5) is 5.69 Å². The molecule has 1 saturated carbocycles. The van der Waals surface area contributed by atoms with E-state index < -0.39 is 0 Å². The van der Waals surface area contributed by atoms with E-state index in [-0.39, 0.29) is 0 Å². The molecule has 5 rings (SSSR count). The molecule has 4 bridgehead atoms. The van der Waals surface area contributed by atoms with E-state index in [1.54, 1.807) is 0 Å². The highest BCUT2D eigenvalue weighted by Gasteiger charge is 2.47. The summed E-state index contributed by atoms with van der Waals surface area (Å²) in [6, 6.07) is 4.55. The molecule has 96 valence electrons. The first kappa shape index (κ1) is 11.1. The summed E-state index contributed by atoms with van der Waals surface area (Å²) in [4.78, 5) is 6.81. The van der Waals surface area contributed by atoms with E-state index in [0.29, 0.717) is 11.2 Å². The third kappa shape index (κ3) is 1.81. The second kappa shape index (κ2) is 4.10. The zero-order chi connectivity index (χ0) is 12.1. The molecule has 2 atom stereocenters. The van der Waals surface area contributed by atoms with Crippen molar-refractivity contribution in [2.75, 3.05) is 25.0 Å². The van der Waals surface area contributed by atoms with Crippen molar-refractivity contribution in [2.24, 2.45) is 17.8 Å². The molecule has 0 amide bonds. The standard InChI is InChI=1S/C14H18ClN3/c15-13-2-1-12(5-16-13)17-14-10-3-9-4-11(14)8-18(6-9)7-10/h1-2,5,9-11,14,17H,3-4,6-8H2/t9?,10-,11-,14?/m1/s1. The third-order valence-electron chi connectivity index (χ3n) is 4.85. The van der Waals surface area contributed by atoms with Crippen molar-refractivity contribution in [1.82, 2.24) is 9.88 Å². The molecular weight excluding hydrogens is 246 g/mol. The van der Waals surface area contributed by atoms with Crippen molar-refractivity contribution in [1.29, 1.82) is 0 Å². The Morgan fingerprint density at radius 3 is 2.56 bits per heavy atom. The topological polar surface area (TPSA) is 28.2 Å². The monoisotopic (exact) mass is 263 g/mol. The SMILES string of the molecule is Clc1ccc(NC2[C@@H]3CC4C[C@@H]2CN(C4)C3)cn1. The lowest BCUT2D eigenvalue weighted by molar-refractivity contribution is -0.0269. The van der Waals surface area contributed by atoms with E-state index in [1.807, 2.05) is 18.3 Å². The van der Waals surface area contributed by atoms with E-state index in [9.17, 15) is 0 Å². The van der Waals surface area contributed by atoms with E-state index in [2.05, 4.69) is 15.2 Å². The van der Waals surface area contributed by atoms with Crippen LogP contribution in [-0.2, 0) is 0 Å². The van der Waals surface area contributed by atoms with Crippen LogP contribution in [0.15, 0.2) is 18.3 Å². The number of pyridine rings is 1. The first-order valence-corrected chi connectivity index (χ1v) is 7.26. The lowest BCUT2D eigenvalue weighted by atomic mass is 9.65. The summed E-state index contributed by atoms with van der Waals surface area (Å²) < 4.78 is 0. The van der Waals surface area contributed by atoms with Crippen molar-refractivity contribution in [3.63, 3.8) is 0 Å². The van der Waals surface area contributed by atoms with Crippen LogP contribution in [0.5, 0.6) is 0 Å². The Morgan fingerprint density at radius 1 is 1.17 bits per heavy atom. The molecule has 4 heteroatoms. The fourth-order valence-corrected chi connectivity index (χ4v) is 4.41. The summed E-state index contributed by atoms with van der Waals surface area (Å²) in [5.41, 5.74) is 1.12. The summed E-state index contributed by atoms with van der Waals surface area (Å²) in [6.45, 7) is 3.92. The number of anilines is 1. The van der Waals surface area contributed by atoms with E-state index in [0.717, 1.165) is 23.4 Å². The molecule has 1 N–H and O–H groups in total. The second-order valence-electron chi connectivity index (χ2n) is 6.12. The third-order valence-corrected chi connectivity index (χ3v) is 5.07. The first-order valence-electron chi connectivity index (χ1n) is 6.88. The van der Waals surface area contributed by atoms with Gasteiger partial charge in [0.15, 0.2) is 0 Å². The Morgan fingerprint density at radius 2 is 1.94 bits per heavy atom. The van der Waals surface area contributed by atoms with Gasteiger partial charge in [-0.15, -0.1) is 0 Å². The van der Waals surface area contributed by atoms with Gasteiger partial charge in [0, 0.05) is 25.7 Å². The zero-order valence-electron chi connectivity index (χ0n) is 10.3. The molecule has 3 saturated heterocycles. The van der Waals surface area contributed by atoms with Gasteiger partial charge >= 0.3 is 0 Å². The molecular formula is C14H18ClN3. The van der Waals surface area contributed by atoms with Gasteiger partial charge in [0.25, 0.3) is 0 Å². The number of nitrogens with one attached hydrogen (secondary N) is 1. The quantitative estimate of drug-likeness (QED) is 0.831. The molecule has 4 aliphatic rings. The predicted octanol–water partition coefficient (Wildman–Crippen LogP) is 2.49. The Kier molecular flexibility index (Phi) is 2.52. The number of rotatable bonds is 2. The Balaban J connectivity index is 1.53. The van der Waals surface area contributed by atoms with Gasteiger partial charge in [-0.2, -0.15) is 0 Å². The molecule has 1 aromatic rings. The Labute approximate surface area is 113 Å². The average molecular weight is 264 g/mol. The lowest BCUT2D eigenvalue weighted by Crippen LogP contribution is -2.62. The highest BCUT2D eigenvalue weighted by molar-refractivity contribution is 6.29. The number of halogens is 1. The van der Waals surface area contributed by atoms with Crippen LogP contribution < -0.4 is 5.32 Å². The van der Waals surface area contributed by atoms with Crippen LogP contribution in [-0.4, -0.2) is 35.6 Å². The van der Waals surface area contributed by atoms with Crippen LogP contribution in [0.1, 0.15) is 12.8 Å². The average Bonchev–Trinajstić information content (AvgIpc) is 2.35. The minimum absolute atomic E-state index is 0.566. The first-order chi connectivity index (χ1) is 8.78. The normalized spacial score (nSPS) is 41.1. The molecule has 0 aromatic carbocycles. The van der Waals surface area contributed by atoms with E-state index in [1.165, 1.54) is 32.5 Å². The summed E-state index contributed by atoms with van der Waals surface area (Å²) in [7, 11) is 0. The Bertz CT molecular complexity index is 417. The van der Waals surface area contributed by atoms with Crippen molar-refractivity contribution < 1.29 is 0 Å². The van der Waals surface area contributed by atoms with Crippen LogP contribution in [0.2, 0.25) is 5.15 Å². The van der Waals surface area contributed by atoms with Crippen molar-refractivity contribution in [3.8, 4) is 0 Å². The number of hydrogen-bond acceptors (Lipinski definition) is 3. The van der Waals surface area contributed by atoms with Crippen molar-refractivity contribution >= 4 is 17.3 Å². The number of aromatic nitrogens is 1. The molecule has 3 aliphatic heterocycles. The van der Waals surface area contributed by atoms with Gasteiger partial charge in [-0.05, 0) is 42.7 Å². The second-order valence-corrected chi connectivity index (χ2v) is 6.50. The molecule has 1 aromatic heterocycles. The molecule has 0 spiro atoms. The van der Waals surface area contributed by atoms with Gasteiger partial charge in [-0.1, -0.05) is 11.6 Å². The maximum absolute atomic E-state index is 5.83. The van der Waals surface area contributed by atoms with Gasteiger partial charge in [0.1, 0.15) is 5.15 Å². The zero-order valence-corrected chi connectivity index (χ0v) is 11.1. The molecule has 18 heavy (non-hydrogen) atoms. The molecule has 3 nitrogen and oxygen atoms in total. The predicted molar refractivity (Wildman–Crippen MR) is 72.8 cm³/mol. The highest BCUT2D eigenvalue weighted by atomic mass is 35.5. The minimum atomic E-state index is 0.566. The summed E-state index contributed by atoms with van der Waals surface area (Å²) >= 11 is 5.83. The number of nitrogens with zero attached hydrogens (tertiary/aromatic N) is 2. The van der Waals surface area contributed by atoms with Crippen molar-refractivity contribution in [2.45, 2.75) is 18.9 Å². The lowest BCUT2D eigenvalue weighted by Gasteiger charge is -2.56. The summed E-state index contributed by atoms with van der Waals surface area (Å²) in [5.74, 6) is 2.61. The van der Waals surface area contributed by atoms with E-state index >= 15 is 0 Å². The smallest absolute Gasteiger partial charge is 0.129 e.